The number of thiophene rings is 1. The molecule has 31 heavy (non-hydrogen) atoms. The summed E-state index contributed by atoms with van der Waals surface area (Å²) in [6.07, 6.45) is 0. The summed E-state index contributed by atoms with van der Waals surface area (Å²) in [6, 6.07) is 36.0. The number of benzene rings is 3. The van der Waals surface area contributed by atoms with E-state index in [1.807, 2.05) is 11.3 Å². The van der Waals surface area contributed by atoms with Gasteiger partial charge in [-0.25, -0.2) is 0 Å². The van der Waals surface area contributed by atoms with Gasteiger partial charge in [0.2, 0.25) is 0 Å². The molecule has 0 aliphatic heterocycles. The predicted octanol–water partition coefficient (Wildman–Crippen LogP) is 6.70. The van der Waals surface area contributed by atoms with Crippen molar-refractivity contribution in [2.75, 3.05) is 14.1 Å². The maximum atomic E-state index is 2.33. The first-order chi connectivity index (χ1) is 15.2. The Kier molecular flexibility index (Phi) is 9.52. The number of hydrogen-bond acceptors (Lipinski definition) is 3. The second-order valence-electron chi connectivity index (χ2n) is 7.88. The quantitative estimate of drug-likeness (QED) is 0.308. The summed E-state index contributed by atoms with van der Waals surface area (Å²) in [4.78, 5) is 6.08. The van der Waals surface area contributed by atoms with Gasteiger partial charge in [0.1, 0.15) is 0 Å². The molecular formula is C28H32N2S. The zero-order valence-electron chi connectivity index (χ0n) is 18.5. The lowest BCUT2D eigenvalue weighted by Gasteiger charge is -2.16. The van der Waals surface area contributed by atoms with Gasteiger partial charge in [0.15, 0.2) is 0 Å². The van der Waals surface area contributed by atoms with E-state index in [2.05, 4.69) is 132 Å². The third kappa shape index (κ3) is 8.89. The van der Waals surface area contributed by atoms with Gasteiger partial charge in [-0.15, -0.1) is 11.3 Å². The highest BCUT2D eigenvalue weighted by Gasteiger charge is 2.02. The number of rotatable bonds is 8. The molecule has 4 aromatic rings. The molecule has 0 aliphatic rings. The summed E-state index contributed by atoms with van der Waals surface area (Å²) in [6.45, 7) is 4.04. The Labute approximate surface area is 191 Å². The lowest BCUT2D eigenvalue weighted by molar-refractivity contribution is 0.319. The van der Waals surface area contributed by atoms with Crippen LogP contribution in [-0.2, 0) is 26.2 Å². The molecule has 1 aromatic heterocycles. The van der Waals surface area contributed by atoms with Gasteiger partial charge in [-0.05, 0) is 42.2 Å². The van der Waals surface area contributed by atoms with E-state index >= 15 is 0 Å². The van der Waals surface area contributed by atoms with Gasteiger partial charge in [0.05, 0.1) is 0 Å². The Morgan fingerprint density at radius 2 is 0.871 bits per heavy atom. The monoisotopic (exact) mass is 428 g/mol. The molecule has 0 bridgehead atoms. The van der Waals surface area contributed by atoms with Gasteiger partial charge in [0, 0.05) is 31.1 Å². The minimum absolute atomic E-state index is 0.996. The molecule has 2 nitrogen and oxygen atoms in total. The van der Waals surface area contributed by atoms with Crippen molar-refractivity contribution in [1.29, 1.82) is 0 Å². The Balaban J connectivity index is 0.000000176. The molecule has 0 atom stereocenters. The molecule has 0 spiro atoms. The molecule has 3 aromatic carbocycles. The SMILES string of the molecule is CN(Cc1ccccc1)Cc1ccccc1.CN(Cc1ccccc1)Cc1cccs1. The van der Waals surface area contributed by atoms with Crippen LogP contribution in [0.15, 0.2) is 109 Å². The Bertz CT molecular complexity index is 912. The minimum atomic E-state index is 0.996. The second-order valence-corrected chi connectivity index (χ2v) is 8.91. The number of hydrogen-bond donors (Lipinski definition) is 0. The third-order valence-corrected chi connectivity index (χ3v) is 5.75. The molecule has 0 amide bonds. The van der Waals surface area contributed by atoms with Crippen LogP contribution in [0.1, 0.15) is 21.6 Å². The Hall–Kier alpha value is -2.72. The Morgan fingerprint density at radius 1 is 0.484 bits per heavy atom. The van der Waals surface area contributed by atoms with E-state index in [9.17, 15) is 0 Å². The normalized spacial score (nSPS) is 10.7. The van der Waals surface area contributed by atoms with Crippen molar-refractivity contribution >= 4 is 11.3 Å². The average molecular weight is 429 g/mol. The topological polar surface area (TPSA) is 6.48 Å². The van der Waals surface area contributed by atoms with Crippen LogP contribution in [0.4, 0.5) is 0 Å². The molecule has 0 saturated heterocycles. The summed E-state index contributed by atoms with van der Waals surface area (Å²) in [5.74, 6) is 0. The minimum Gasteiger partial charge on any atom is -0.298 e. The lowest BCUT2D eigenvalue weighted by Crippen LogP contribution is -2.16. The molecule has 0 radical (unpaired) electrons. The first kappa shape index (κ1) is 23.0. The highest BCUT2D eigenvalue weighted by Crippen LogP contribution is 2.12. The zero-order valence-corrected chi connectivity index (χ0v) is 19.3. The van der Waals surface area contributed by atoms with E-state index in [0.717, 1.165) is 26.2 Å². The van der Waals surface area contributed by atoms with E-state index in [-0.39, 0.29) is 0 Å². The van der Waals surface area contributed by atoms with E-state index in [0.29, 0.717) is 0 Å². The molecule has 0 unspecified atom stereocenters. The van der Waals surface area contributed by atoms with Crippen LogP contribution >= 0.6 is 11.3 Å². The fourth-order valence-corrected chi connectivity index (χ4v) is 4.25. The molecule has 1 heterocycles. The fourth-order valence-electron chi connectivity index (χ4n) is 3.47. The third-order valence-electron chi connectivity index (χ3n) is 4.89. The van der Waals surface area contributed by atoms with Crippen LogP contribution in [0.2, 0.25) is 0 Å². The molecule has 160 valence electrons. The first-order valence-corrected chi connectivity index (χ1v) is 11.6. The molecule has 0 aliphatic carbocycles. The highest BCUT2D eigenvalue weighted by atomic mass is 32.1. The molecular weight excluding hydrogens is 396 g/mol. The first-order valence-electron chi connectivity index (χ1n) is 10.7. The molecule has 3 heteroatoms. The van der Waals surface area contributed by atoms with Crippen molar-refractivity contribution in [2.45, 2.75) is 26.2 Å². The predicted molar refractivity (Wildman–Crippen MR) is 134 cm³/mol. The molecule has 0 saturated carbocycles. The highest BCUT2D eigenvalue weighted by molar-refractivity contribution is 7.09. The standard InChI is InChI=1S/C15H17N.C13H15NS/c1-16(12-14-8-4-2-5-9-14)13-15-10-6-3-7-11-15;1-14(11-13-8-5-9-15-13)10-12-6-3-2-4-7-12/h2-11H,12-13H2,1H3;2-9H,10-11H2,1H3. The van der Waals surface area contributed by atoms with Crippen LogP contribution in [0, 0.1) is 0 Å². The zero-order chi connectivity index (χ0) is 21.7. The van der Waals surface area contributed by atoms with Crippen LogP contribution < -0.4 is 0 Å². The lowest BCUT2D eigenvalue weighted by atomic mass is 10.2. The smallest absolute Gasteiger partial charge is 0.0328 e. The van der Waals surface area contributed by atoms with E-state index in [1.165, 1.54) is 21.6 Å². The maximum absolute atomic E-state index is 2.33. The Morgan fingerprint density at radius 3 is 1.23 bits per heavy atom. The molecule has 0 fully saturated rings. The summed E-state index contributed by atoms with van der Waals surface area (Å²) in [5.41, 5.74) is 4.10. The van der Waals surface area contributed by atoms with Crippen molar-refractivity contribution in [3.8, 4) is 0 Å². The van der Waals surface area contributed by atoms with Gasteiger partial charge >= 0.3 is 0 Å². The van der Waals surface area contributed by atoms with Gasteiger partial charge in [-0.2, -0.15) is 0 Å². The summed E-state index contributed by atoms with van der Waals surface area (Å²) in [7, 11) is 4.31. The second kappa shape index (κ2) is 12.9. The number of nitrogens with zero attached hydrogens (tertiary/aromatic N) is 2. The van der Waals surface area contributed by atoms with Crippen LogP contribution in [-0.4, -0.2) is 23.9 Å². The van der Waals surface area contributed by atoms with E-state index < -0.39 is 0 Å². The van der Waals surface area contributed by atoms with Gasteiger partial charge in [-0.3, -0.25) is 9.80 Å². The van der Waals surface area contributed by atoms with Gasteiger partial charge in [-0.1, -0.05) is 97.1 Å². The van der Waals surface area contributed by atoms with Crippen molar-refractivity contribution in [3.63, 3.8) is 0 Å². The van der Waals surface area contributed by atoms with Crippen LogP contribution in [0.5, 0.6) is 0 Å². The van der Waals surface area contributed by atoms with Crippen molar-refractivity contribution in [3.05, 3.63) is 130 Å². The van der Waals surface area contributed by atoms with Crippen LogP contribution in [0.25, 0.3) is 0 Å². The molecule has 0 N–H and O–H groups in total. The summed E-state index contributed by atoms with van der Waals surface area (Å²) < 4.78 is 0. The van der Waals surface area contributed by atoms with E-state index in [1.54, 1.807) is 0 Å². The summed E-state index contributed by atoms with van der Waals surface area (Å²) >= 11 is 1.82. The average Bonchev–Trinajstić information content (AvgIpc) is 3.29. The fraction of sp³-hybridized carbons (Fsp3) is 0.214. The van der Waals surface area contributed by atoms with E-state index in [4.69, 9.17) is 0 Å². The van der Waals surface area contributed by atoms with Crippen molar-refractivity contribution < 1.29 is 0 Å². The largest absolute Gasteiger partial charge is 0.298 e. The summed E-state index contributed by atoms with van der Waals surface area (Å²) in [5, 5.41) is 2.13. The van der Waals surface area contributed by atoms with Crippen molar-refractivity contribution in [1.82, 2.24) is 9.80 Å². The van der Waals surface area contributed by atoms with Crippen LogP contribution in [0.3, 0.4) is 0 Å². The van der Waals surface area contributed by atoms with Gasteiger partial charge in [0.25, 0.3) is 0 Å². The molecule has 4 rings (SSSR count). The van der Waals surface area contributed by atoms with Gasteiger partial charge < -0.3 is 0 Å². The maximum Gasteiger partial charge on any atom is 0.0328 e. The van der Waals surface area contributed by atoms with Crippen molar-refractivity contribution in [2.24, 2.45) is 0 Å².